The number of nitrogens with zero attached hydrogens (tertiary/aromatic N) is 4. The normalized spacial score (nSPS) is 14.5. The van der Waals surface area contributed by atoms with Crippen molar-refractivity contribution in [2.45, 2.75) is 26.3 Å². The van der Waals surface area contributed by atoms with Crippen molar-refractivity contribution in [3.8, 4) is 0 Å². The Kier molecular flexibility index (Phi) is 6.71. The van der Waals surface area contributed by atoms with Crippen LogP contribution in [0, 0.1) is 5.92 Å². The number of hydrogen-bond acceptors (Lipinski definition) is 7. The molecule has 11 heteroatoms. The van der Waals surface area contributed by atoms with E-state index in [9.17, 15) is 14.4 Å². The van der Waals surface area contributed by atoms with Crippen LogP contribution in [0.1, 0.15) is 19.8 Å². The molecule has 32 heavy (non-hydrogen) atoms. The molecular formula is C21H23ClN6O3S. The van der Waals surface area contributed by atoms with Crippen molar-refractivity contribution in [1.29, 1.82) is 0 Å². The van der Waals surface area contributed by atoms with Crippen LogP contribution in [-0.4, -0.2) is 46.0 Å². The van der Waals surface area contributed by atoms with Crippen molar-refractivity contribution in [2.75, 3.05) is 29.9 Å². The summed E-state index contributed by atoms with van der Waals surface area (Å²) in [6.45, 7) is 3.74. The fourth-order valence-corrected chi connectivity index (χ4v) is 4.85. The summed E-state index contributed by atoms with van der Waals surface area (Å²) in [4.78, 5) is 48.2. The molecule has 1 aromatic carbocycles. The topological polar surface area (TPSA) is 109 Å². The number of benzene rings is 1. The summed E-state index contributed by atoms with van der Waals surface area (Å²) < 4.78 is 1.66. The number of hydrogen-bond donors (Lipinski definition) is 2. The van der Waals surface area contributed by atoms with E-state index in [4.69, 9.17) is 11.6 Å². The van der Waals surface area contributed by atoms with E-state index in [0.717, 1.165) is 12.8 Å². The lowest BCUT2D eigenvalue weighted by molar-refractivity contribution is -0.125. The average Bonchev–Trinajstić information content (AvgIpc) is 3.23. The number of nitrogens with one attached hydrogen (secondary N) is 2. The van der Waals surface area contributed by atoms with Gasteiger partial charge in [-0.1, -0.05) is 35.1 Å². The van der Waals surface area contributed by atoms with Gasteiger partial charge < -0.3 is 15.5 Å². The van der Waals surface area contributed by atoms with E-state index in [-0.39, 0.29) is 29.8 Å². The second-order valence-corrected chi connectivity index (χ2v) is 8.90. The molecule has 3 heterocycles. The van der Waals surface area contributed by atoms with Crippen molar-refractivity contribution in [2.24, 2.45) is 5.92 Å². The maximum absolute atomic E-state index is 12.9. The molecule has 3 aromatic rings. The summed E-state index contributed by atoms with van der Waals surface area (Å²) in [5.74, 6) is -0.276. The zero-order valence-corrected chi connectivity index (χ0v) is 19.1. The van der Waals surface area contributed by atoms with Crippen molar-refractivity contribution in [3.63, 3.8) is 0 Å². The molecule has 9 nitrogen and oxygen atoms in total. The summed E-state index contributed by atoms with van der Waals surface area (Å²) in [5.41, 5.74) is 0.534. The highest BCUT2D eigenvalue weighted by Gasteiger charge is 2.26. The molecule has 1 fully saturated rings. The van der Waals surface area contributed by atoms with Crippen molar-refractivity contribution in [1.82, 2.24) is 19.9 Å². The maximum atomic E-state index is 12.9. The second-order valence-electron chi connectivity index (χ2n) is 7.51. The third kappa shape index (κ3) is 4.76. The third-order valence-corrected chi connectivity index (χ3v) is 6.74. The lowest BCUT2D eigenvalue weighted by Gasteiger charge is -2.30. The SMILES string of the molecule is CCNC(=O)C1CCN(c2nc3ncn(CC(=O)Nc4ccccc4Cl)c(=O)c3s2)CC1. The van der Waals surface area contributed by atoms with Crippen LogP contribution in [0.15, 0.2) is 35.4 Å². The van der Waals surface area contributed by atoms with E-state index in [1.54, 1.807) is 24.3 Å². The van der Waals surface area contributed by atoms with Crippen LogP contribution >= 0.6 is 22.9 Å². The summed E-state index contributed by atoms with van der Waals surface area (Å²) in [6.07, 6.45) is 2.81. The van der Waals surface area contributed by atoms with Gasteiger partial charge in [0.15, 0.2) is 10.8 Å². The first-order valence-electron chi connectivity index (χ1n) is 10.4. The molecule has 2 aromatic heterocycles. The predicted octanol–water partition coefficient (Wildman–Crippen LogP) is 2.50. The van der Waals surface area contributed by atoms with E-state index < -0.39 is 0 Å². The number of rotatable bonds is 6. The highest BCUT2D eigenvalue weighted by atomic mass is 35.5. The van der Waals surface area contributed by atoms with Gasteiger partial charge in [-0.2, -0.15) is 4.98 Å². The molecule has 0 unspecified atom stereocenters. The van der Waals surface area contributed by atoms with Crippen LogP contribution in [0.4, 0.5) is 10.8 Å². The van der Waals surface area contributed by atoms with Crippen LogP contribution in [0.5, 0.6) is 0 Å². The standard InChI is InChI=1S/C21H23ClN6O3S/c1-2-23-19(30)13-7-9-27(10-8-13)21-26-18-17(32-21)20(31)28(12-24-18)11-16(29)25-15-6-4-3-5-14(15)22/h3-6,12-13H,2,7-11H2,1H3,(H,23,30)(H,25,29). The molecule has 0 bridgehead atoms. The first kappa shape index (κ1) is 22.2. The van der Waals surface area contributed by atoms with Gasteiger partial charge in [-0.25, -0.2) is 4.98 Å². The lowest BCUT2D eigenvalue weighted by atomic mass is 9.96. The number of aromatic nitrogens is 3. The van der Waals surface area contributed by atoms with Crippen molar-refractivity contribution >= 4 is 55.9 Å². The molecule has 0 spiro atoms. The minimum atomic E-state index is -0.376. The highest BCUT2D eigenvalue weighted by Crippen LogP contribution is 2.29. The van der Waals surface area contributed by atoms with Gasteiger partial charge in [-0.15, -0.1) is 0 Å². The molecule has 0 saturated carbocycles. The molecular weight excluding hydrogens is 452 g/mol. The number of para-hydroxylation sites is 1. The maximum Gasteiger partial charge on any atom is 0.273 e. The first-order chi connectivity index (χ1) is 15.5. The van der Waals surface area contributed by atoms with E-state index in [2.05, 4.69) is 25.5 Å². The Morgan fingerprint density at radius 2 is 2.00 bits per heavy atom. The predicted molar refractivity (Wildman–Crippen MR) is 125 cm³/mol. The first-order valence-corrected chi connectivity index (χ1v) is 11.6. The number of anilines is 2. The van der Waals surface area contributed by atoms with Crippen LogP contribution in [0.3, 0.4) is 0 Å². The van der Waals surface area contributed by atoms with Crippen molar-refractivity contribution < 1.29 is 9.59 Å². The number of halogens is 1. The molecule has 2 N–H and O–H groups in total. The monoisotopic (exact) mass is 474 g/mol. The molecule has 4 rings (SSSR count). The smallest absolute Gasteiger partial charge is 0.273 e. The van der Waals surface area contributed by atoms with Crippen LogP contribution in [-0.2, 0) is 16.1 Å². The molecule has 0 radical (unpaired) electrons. The van der Waals surface area contributed by atoms with Gasteiger partial charge in [0, 0.05) is 25.6 Å². The zero-order valence-electron chi connectivity index (χ0n) is 17.5. The summed E-state index contributed by atoms with van der Waals surface area (Å²) in [6, 6.07) is 6.90. The molecule has 0 atom stereocenters. The van der Waals surface area contributed by atoms with Gasteiger partial charge in [-0.3, -0.25) is 19.0 Å². The number of thiazole rings is 1. The van der Waals surface area contributed by atoms with Crippen LogP contribution < -0.4 is 21.1 Å². The molecule has 1 saturated heterocycles. The fraction of sp³-hybridized carbons (Fsp3) is 0.381. The number of amides is 2. The van der Waals surface area contributed by atoms with E-state index in [1.165, 1.54) is 22.2 Å². The minimum absolute atomic E-state index is 0.00700. The Bertz CT molecular complexity index is 1200. The van der Waals surface area contributed by atoms with Gasteiger partial charge in [0.25, 0.3) is 5.56 Å². The summed E-state index contributed by atoms with van der Waals surface area (Å²) >= 11 is 7.33. The van der Waals surface area contributed by atoms with E-state index >= 15 is 0 Å². The van der Waals surface area contributed by atoms with Crippen LogP contribution in [0.25, 0.3) is 10.3 Å². The number of fused-ring (bicyclic) bond motifs is 1. The van der Waals surface area contributed by atoms with Gasteiger partial charge in [0.2, 0.25) is 11.8 Å². The Balaban J connectivity index is 1.46. The zero-order chi connectivity index (χ0) is 22.7. The summed E-state index contributed by atoms with van der Waals surface area (Å²) in [5, 5.41) is 6.70. The minimum Gasteiger partial charge on any atom is -0.356 e. The number of piperidine rings is 1. The average molecular weight is 475 g/mol. The van der Waals surface area contributed by atoms with Crippen molar-refractivity contribution in [3.05, 3.63) is 46.0 Å². The van der Waals surface area contributed by atoms with E-state index in [1.807, 2.05) is 6.92 Å². The van der Waals surface area contributed by atoms with Gasteiger partial charge in [-0.05, 0) is 31.9 Å². The Labute approximate surface area is 193 Å². The number of carbonyl (C=O) groups is 2. The molecule has 1 aliphatic rings. The fourth-order valence-electron chi connectivity index (χ4n) is 3.64. The second kappa shape index (κ2) is 9.66. The summed E-state index contributed by atoms with van der Waals surface area (Å²) in [7, 11) is 0. The highest BCUT2D eigenvalue weighted by molar-refractivity contribution is 7.22. The van der Waals surface area contributed by atoms with E-state index in [0.29, 0.717) is 45.8 Å². The molecule has 168 valence electrons. The largest absolute Gasteiger partial charge is 0.356 e. The molecule has 0 aliphatic carbocycles. The number of carbonyl (C=O) groups excluding carboxylic acids is 2. The lowest BCUT2D eigenvalue weighted by Crippen LogP contribution is -2.40. The quantitative estimate of drug-likeness (QED) is 0.568. The van der Waals surface area contributed by atoms with Gasteiger partial charge in [0.05, 0.1) is 10.7 Å². The Morgan fingerprint density at radius 3 is 2.72 bits per heavy atom. The third-order valence-electron chi connectivity index (χ3n) is 5.32. The molecule has 2 amide bonds. The van der Waals surface area contributed by atoms with Gasteiger partial charge in [0.1, 0.15) is 17.6 Å². The Morgan fingerprint density at radius 1 is 1.25 bits per heavy atom. The van der Waals surface area contributed by atoms with Crippen LogP contribution in [0.2, 0.25) is 5.02 Å². The molecule has 1 aliphatic heterocycles. The van der Waals surface area contributed by atoms with Gasteiger partial charge >= 0.3 is 0 Å². The Hall–Kier alpha value is -2.98.